The van der Waals surface area contributed by atoms with Gasteiger partial charge in [0.15, 0.2) is 6.10 Å². The number of imide groups is 1. The molecule has 0 saturated carbocycles. The molecule has 2 aromatic carbocycles. The summed E-state index contributed by atoms with van der Waals surface area (Å²) >= 11 is 11.8. The summed E-state index contributed by atoms with van der Waals surface area (Å²) < 4.78 is 0. The molecule has 1 saturated heterocycles. The lowest BCUT2D eigenvalue weighted by Crippen LogP contribution is -2.57. The van der Waals surface area contributed by atoms with E-state index < -0.39 is 18.0 Å². The Kier molecular flexibility index (Phi) is 4.26. The van der Waals surface area contributed by atoms with Crippen molar-refractivity contribution in [1.82, 2.24) is 0 Å². The first-order valence-corrected chi connectivity index (χ1v) is 7.59. The monoisotopic (exact) mass is 350 g/mol. The predicted octanol–water partition coefficient (Wildman–Crippen LogP) is 4.29. The summed E-state index contributed by atoms with van der Waals surface area (Å²) in [4.78, 5) is 31.6. The number of urea groups is 1. The Balaban J connectivity index is 2.00. The zero-order chi connectivity index (χ0) is 16.6. The molecule has 7 heteroatoms. The van der Waals surface area contributed by atoms with Gasteiger partial charge in [0.25, 0.3) is 5.91 Å². The van der Waals surface area contributed by atoms with Crippen molar-refractivity contribution < 1.29 is 14.4 Å². The van der Waals surface area contributed by atoms with Gasteiger partial charge in [-0.1, -0.05) is 29.3 Å². The molecule has 0 N–H and O–H groups in total. The highest BCUT2D eigenvalue weighted by Gasteiger charge is 2.40. The van der Waals surface area contributed by atoms with Crippen molar-refractivity contribution in [2.45, 2.75) is 13.0 Å². The third-order valence-electron chi connectivity index (χ3n) is 3.32. The fourth-order valence-electron chi connectivity index (χ4n) is 2.22. The molecular formula is C16H12Cl2N2O3. The Morgan fingerprint density at radius 2 is 1.65 bits per heavy atom. The number of carbonyl (C=O) groups is 2. The lowest BCUT2D eigenvalue weighted by molar-refractivity contribution is -0.130. The summed E-state index contributed by atoms with van der Waals surface area (Å²) in [5.41, 5.74) is 0.868. The van der Waals surface area contributed by atoms with Crippen LogP contribution in [0, 0.1) is 0 Å². The number of nitrogens with zero attached hydrogens (tertiary/aromatic N) is 2. The molecule has 1 unspecified atom stereocenters. The van der Waals surface area contributed by atoms with E-state index in [0.29, 0.717) is 21.4 Å². The summed E-state index contributed by atoms with van der Waals surface area (Å²) in [6.07, 6.45) is -0.817. The van der Waals surface area contributed by atoms with E-state index in [0.717, 1.165) is 9.96 Å². The molecule has 1 fully saturated rings. The van der Waals surface area contributed by atoms with Gasteiger partial charge in [0, 0.05) is 10.0 Å². The Morgan fingerprint density at radius 3 is 2.30 bits per heavy atom. The first-order valence-electron chi connectivity index (χ1n) is 6.83. The smallest absolute Gasteiger partial charge is 0.271 e. The number of amides is 3. The van der Waals surface area contributed by atoms with Gasteiger partial charge < -0.3 is 0 Å². The first-order chi connectivity index (χ1) is 11.0. The number of hydrogen-bond acceptors (Lipinski definition) is 3. The van der Waals surface area contributed by atoms with E-state index in [1.54, 1.807) is 55.5 Å². The van der Waals surface area contributed by atoms with Gasteiger partial charge in [0.2, 0.25) is 0 Å². The van der Waals surface area contributed by atoms with Crippen LogP contribution in [0.4, 0.5) is 16.2 Å². The van der Waals surface area contributed by atoms with E-state index in [1.165, 1.54) is 0 Å². The van der Waals surface area contributed by atoms with Gasteiger partial charge in [-0.05, 0) is 49.4 Å². The van der Waals surface area contributed by atoms with Crippen LogP contribution < -0.4 is 9.96 Å². The molecule has 0 aliphatic carbocycles. The number of hydrogen-bond donors (Lipinski definition) is 0. The van der Waals surface area contributed by atoms with E-state index in [4.69, 9.17) is 28.0 Å². The molecule has 5 nitrogen and oxygen atoms in total. The maximum absolute atomic E-state index is 12.7. The topological polar surface area (TPSA) is 49.9 Å². The summed E-state index contributed by atoms with van der Waals surface area (Å²) in [6, 6.07) is 12.5. The minimum absolute atomic E-state index is 0.390. The Morgan fingerprint density at radius 1 is 0.957 bits per heavy atom. The minimum atomic E-state index is -0.817. The van der Waals surface area contributed by atoms with Crippen LogP contribution in [-0.2, 0) is 9.63 Å². The number of hydroxylamine groups is 1. The largest absolute Gasteiger partial charge is 0.360 e. The summed E-state index contributed by atoms with van der Waals surface area (Å²) in [6.45, 7) is 1.58. The molecular weight excluding hydrogens is 339 g/mol. The average molecular weight is 351 g/mol. The number of halogens is 2. The van der Waals surface area contributed by atoms with Gasteiger partial charge >= 0.3 is 6.03 Å². The van der Waals surface area contributed by atoms with E-state index in [-0.39, 0.29) is 0 Å². The molecule has 0 spiro atoms. The maximum Gasteiger partial charge on any atom is 0.360 e. The molecule has 3 amide bonds. The van der Waals surface area contributed by atoms with Crippen molar-refractivity contribution in [3.63, 3.8) is 0 Å². The van der Waals surface area contributed by atoms with Gasteiger partial charge in [-0.15, -0.1) is 0 Å². The van der Waals surface area contributed by atoms with Crippen LogP contribution in [0.2, 0.25) is 10.0 Å². The lowest BCUT2D eigenvalue weighted by Gasteiger charge is -2.36. The summed E-state index contributed by atoms with van der Waals surface area (Å²) in [7, 11) is 0. The number of benzene rings is 2. The molecule has 2 aromatic rings. The zero-order valence-electron chi connectivity index (χ0n) is 12.1. The Labute approximate surface area is 142 Å². The second-order valence-electron chi connectivity index (χ2n) is 4.95. The average Bonchev–Trinajstić information content (AvgIpc) is 2.52. The van der Waals surface area contributed by atoms with E-state index in [9.17, 15) is 9.59 Å². The van der Waals surface area contributed by atoms with Crippen LogP contribution in [0.3, 0.4) is 0 Å². The minimum Gasteiger partial charge on any atom is -0.271 e. The van der Waals surface area contributed by atoms with Crippen LogP contribution in [0.1, 0.15) is 6.92 Å². The second kappa shape index (κ2) is 6.20. The standard InChI is InChI=1S/C16H12Cl2N2O3/c1-10-15(21)19(14-4-2-3-12(18)9-14)16(22)20(23-10)13-7-5-11(17)6-8-13/h2-10H,1H3. The normalized spacial score (nSPS) is 18.5. The maximum atomic E-state index is 12.7. The number of anilines is 2. The van der Waals surface area contributed by atoms with E-state index in [2.05, 4.69) is 0 Å². The Hall–Kier alpha value is -2.08. The molecule has 1 atom stereocenters. The van der Waals surface area contributed by atoms with Gasteiger partial charge in [-0.2, -0.15) is 5.06 Å². The molecule has 1 heterocycles. The van der Waals surface area contributed by atoms with Crippen molar-refractivity contribution in [2.75, 3.05) is 9.96 Å². The summed E-state index contributed by atoms with van der Waals surface area (Å²) in [5, 5.41) is 2.04. The lowest BCUT2D eigenvalue weighted by atomic mass is 10.2. The van der Waals surface area contributed by atoms with Crippen molar-refractivity contribution in [1.29, 1.82) is 0 Å². The molecule has 1 aliphatic rings. The van der Waals surface area contributed by atoms with Crippen LogP contribution in [0.25, 0.3) is 0 Å². The molecule has 0 radical (unpaired) electrons. The van der Waals surface area contributed by atoms with Gasteiger partial charge in [0.05, 0.1) is 11.4 Å². The zero-order valence-corrected chi connectivity index (χ0v) is 13.6. The van der Waals surface area contributed by atoms with Gasteiger partial charge in [-0.25, -0.2) is 9.69 Å². The fourth-order valence-corrected chi connectivity index (χ4v) is 2.53. The quantitative estimate of drug-likeness (QED) is 0.811. The van der Waals surface area contributed by atoms with Crippen LogP contribution in [0.5, 0.6) is 0 Å². The number of rotatable bonds is 2. The molecule has 23 heavy (non-hydrogen) atoms. The second-order valence-corrected chi connectivity index (χ2v) is 5.83. The molecule has 0 aromatic heterocycles. The molecule has 0 bridgehead atoms. The highest BCUT2D eigenvalue weighted by molar-refractivity contribution is 6.31. The highest BCUT2D eigenvalue weighted by atomic mass is 35.5. The fraction of sp³-hybridized carbons (Fsp3) is 0.125. The van der Waals surface area contributed by atoms with Crippen molar-refractivity contribution in [3.05, 3.63) is 58.6 Å². The van der Waals surface area contributed by atoms with Crippen LogP contribution in [-0.4, -0.2) is 18.0 Å². The third kappa shape index (κ3) is 3.03. The SMILES string of the molecule is CC1ON(c2ccc(Cl)cc2)C(=O)N(c2cccc(Cl)c2)C1=O. The van der Waals surface area contributed by atoms with Crippen molar-refractivity contribution in [3.8, 4) is 0 Å². The van der Waals surface area contributed by atoms with E-state index >= 15 is 0 Å². The first kappa shape index (κ1) is 15.8. The molecule has 1 aliphatic heterocycles. The predicted molar refractivity (Wildman–Crippen MR) is 88.8 cm³/mol. The van der Waals surface area contributed by atoms with Crippen molar-refractivity contribution >= 4 is 46.5 Å². The van der Waals surface area contributed by atoms with Crippen molar-refractivity contribution in [2.24, 2.45) is 0 Å². The third-order valence-corrected chi connectivity index (χ3v) is 3.81. The number of carbonyl (C=O) groups excluding carboxylic acids is 2. The van der Waals surface area contributed by atoms with Gasteiger partial charge in [-0.3, -0.25) is 9.63 Å². The van der Waals surface area contributed by atoms with E-state index in [1.807, 2.05) is 0 Å². The molecule has 3 rings (SSSR count). The van der Waals surface area contributed by atoms with Crippen LogP contribution >= 0.6 is 23.2 Å². The van der Waals surface area contributed by atoms with Crippen LogP contribution in [0.15, 0.2) is 48.5 Å². The Bertz CT molecular complexity index is 764. The van der Waals surface area contributed by atoms with Gasteiger partial charge in [0.1, 0.15) is 0 Å². The highest BCUT2D eigenvalue weighted by Crippen LogP contribution is 2.29. The summed E-state index contributed by atoms with van der Waals surface area (Å²) in [5.74, 6) is -0.456. The molecule has 118 valence electrons.